The molecule has 0 saturated carbocycles. The highest BCUT2D eigenvalue weighted by atomic mass is 32.2. The van der Waals surface area contributed by atoms with E-state index in [4.69, 9.17) is 10.5 Å². The van der Waals surface area contributed by atoms with Gasteiger partial charge in [0.25, 0.3) is 0 Å². The summed E-state index contributed by atoms with van der Waals surface area (Å²) in [6.45, 7) is 1.80. The first-order chi connectivity index (χ1) is 7.34. The number of sulfone groups is 1. The topological polar surface area (TPSA) is 95.2 Å². The minimum absolute atomic E-state index is 0.203. The number of hydrogen-bond donors (Lipinski definition) is 1. The van der Waals surface area contributed by atoms with E-state index in [-0.39, 0.29) is 18.2 Å². The number of nitrogens with zero attached hydrogens (tertiary/aromatic N) is 2. The van der Waals surface area contributed by atoms with Crippen LogP contribution in [0.25, 0.3) is 0 Å². The first kappa shape index (κ1) is 12.9. The Balaban J connectivity index is 3.14. The zero-order chi connectivity index (χ0) is 12.3. The number of hydrogen-bond acceptors (Lipinski definition) is 6. The molecular formula is C9H15N3O3S. The highest BCUT2D eigenvalue weighted by Crippen LogP contribution is 2.18. The van der Waals surface area contributed by atoms with Crippen LogP contribution in [-0.2, 0) is 21.2 Å². The first-order valence-corrected chi connectivity index (χ1v) is 6.61. The van der Waals surface area contributed by atoms with Crippen LogP contribution in [0.1, 0.15) is 23.7 Å². The maximum atomic E-state index is 11.4. The smallest absolute Gasteiger partial charge is 0.157 e. The van der Waals surface area contributed by atoms with Gasteiger partial charge in [0.15, 0.2) is 9.84 Å². The summed E-state index contributed by atoms with van der Waals surface area (Å²) in [6.07, 6.45) is 1.14. The molecule has 7 heteroatoms. The molecule has 0 spiro atoms. The van der Waals surface area contributed by atoms with Gasteiger partial charge >= 0.3 is 0 Å². The van der Waals surface area contributed by atoms with Crippen LogP contribution < -0.4 is 5.73 Å². The van der Waals surface area contributed by atoms with Gasteiger partial charge in [0.05, 0.1) is 12.3 Å². The van der Waals surface area contributed by atoms with Gasteiger partial charge < -0.3 is 10.5 Å². The van der Waals surface area contributed by atoms with Gasteiger partial charge in [-0.25, -0.2) is 18.4 Å². The van der Waals surface area contributed by atoms with E-state index in [1.165, 1.54) is 14.0 Å². The fraction of sp³-hybridized carbons (Fsp3) is 0.556. The van der Waals surface area contributed by atoms with Crippen LogP contribution in [0, 0.1) is 0 Å². The zero-order valence-corrected chi connectivity index (χ0v) is 10.3. The van der Waals surface area contributed by atoms with Crippen LogP contribution in [0.2, 0.25) is 0 Å². The molecule has 1 aromatic rings. The standard InChI is InChI=1S/C9H15N3O3S/c1-6(16(3,13)14)9-11-7(5-15-2)4-8(10)12-9/h4,6H,5H2,1-3H3,(H2,10,11,12). The predicted octanol–water partition coefficient (Wildman–Crippen LogP) is 0.311. The third-order valence-electron chi connectivity index (χ3n) is 2.11. The Hall–Kier alpha value is -1.21. The van der Waals surface area contributed by atoms with E-state index in [0.717, 1.165) is 6.26 Å². The Bertz CT molecular complexity index is 473. The van der Waals surface area contributed by atoms with Crippen LogP contribution in [0.4, 0.5) is 5.82 Å². The molecule has 0 fully saturated rings. The van der Waals surface area contributed by atoms with Crippen molar-refractivity contribution in [2.24, 2.45) is 0 Å². The van der Waals surface area contributed by atoms with Crippen molar-refractivity contribution < 1.29 is 13.2 Å². The van der Waals surface area contributed by atoms with Crippen molar-refractivity contribution in [3.8, 4) is 0 Å². The average Bonchev–Trinajstić information content (AvgIpc) is 2.14. The van der Waals surface area contributed by atoms with Crippen LogP contribution in [0.3, 0.4) is 0 Å². The molecule has 2 N–H and O–H groups in total. The molecule has 0 aliphatic rings. The molecule has 1 aromatic heterocycles. The Labute approximate surface area is 94.8 Å². The van der Waals surface area contributed by atoms with Gasteiger partial charge in [-0.1, -0.05) is 0 Å². The van der Waals surface area contributed by atoms with E-state index in [9.17, 15) is 8.42 Å². The maximum Gasteiger partial charge on any atom is 0.157 e. The molecule has 6 nitrogen and oxygen atoms in total. The molecule has 0 radical (unpaired) electrons. The van der Waals surface area contributed by atoms with Crippen LogP contribution in [0.15, 0.2) is 6.07 Å². The minimum atomic E-state index is -3.23. The summed E-state index contributed by atoms with van der Waals surface area (Å²) >= 11 is 0. The fourth-order valence-corrected chi connectivity index (χ4v) is 1.62. The number of ether oxygens (including phenoxy) is 1. The molecule has 0 aliphatic heterocycles. The summed E-state index contributed by atoms with van der Waals surface area (Å²) in [7, 11) is -1.70. The van der Waals surface area contributed by atoms with Crippen LogP contribution >= 0.6 is 0 Å². The Morgan fingerprint density at radius 3 is 2.62 bits per heavy atom. The number of nitrogens with two attached hydrogens (primary N) is 1. The molecule has 0 aromatic carbocycles. The summed E-state index contributed by atoms with van der Waals surface area (Å²) in [5, 5.41) is -0.772. The lowest BCUT2D eigenvalue weighted by Crippen LogP contribution is -2.13. The van der Waals surface area contributed by atoms with Gasteiger partial charge in [-0.05, 0) is 6.92 Å². The van der Waals surface area contributed by atoms with Crippen molar-refractivity contribution in [1.82, 2.24) is 9.97 Å². The minimum Gasteiger partial charge on any atom is -0.384 e. The number of rotatable bonds is 4. The van der Waals surface area contributed by atoms with Crippen molar-refractivity contribution in [3.63, 3.8) is 0 Å². The van der Waals surface area contributed by atoms with Gasteiger partial charge in [0, 0.05) is 19.4 Å². The van der Waals surface area contributed by atoms with Crippen LogP contribution in [0.5, 0.6) is 0 Å². The largest absolute Gasteiger partial charge is 0.384 e. The summed E-state index contributed by atoms with van der Waals surface area (Å²) in [6, 6.07) is 1.56. The van der Waals surface area contributed by atoms with Crippen molar-refractivity contribution in [2.75, 3.05) is 19.1 Å². The van der Waals surface area contributed by atoms with E-state index in [1.54, 1.807) is 6.07 Å². The molecule has 0 aliphatic carbocycles. The second kappa shape index (κ2) is 4.75. The number of methoxy groups -OCH3 is 1. The molecule has 0 saturated heterocycles. The third kappa shape index (κ3) is 3.14. The lowest BCUT2D eigenvalue weighted by Gasteiger charge is -2.10. The summed E-state index contributed by atoms with van der Waals surface area (Å²) in [5.74, 6) is 0.446. The molecular weight excluding hydrogens is 230 g/mol. The molecule has 0 amide bonds. The average molecular weight is 245 g/mol. The first-order valence-electron chi connectivity index (χ1n) is 4.65. The fourth-order valence-electron chi connectivity index (χ4n) is 1.13. The SMILES string of the molecule is COCc1cc(N)nc(C(C)S(C)(=O)=O)n1. The molecule has 1 rings (SSSR count). The van der Waals surface area contributed by atoms with Gasteiger partial charge in [-0.15, -0.1) is 0 Å². The summed E-state index contributed by atoms with van der Waals surface area (Å²) in [4.78, 5) is 8.01. The van der Waals surface area contributed by atoms with Gasteiger partial charge in [-0.3, -0.25) is 0 Å². The molecule has 1 atom stereocenters. The van der Waals surface area contributed by atoms with E-state index >= 15 is 0 Å². The van der Waals surface area contributed by atoms with Gasteiger partial charge in [-0.2, -0.15) is 0 Å². The van der Waals surface area contributed by atoms with Gasteiger partial charge in [0.2, 0.25) is 0 Å². The molecule has 1 heterocycles. The van der Waals surface area contributed by atoms with E-state index in [0.29, 0.717) is 5.69 Å². The monoisotopic (exact) mass is 245 g/mol. The summed E-state index contributed by atoms with van der Waals surface area (Å²) in [5.41, 5.74) is 6.14. The highest BCUT2D eigenvalue weighted by Gasteiger charge is 2.21. The Morgan fingerprint density at radius 2 is 2.12 bits per heavy atom. The molecule has 1 unspecified atom stereocenters. The molecule has 16 heavy (non-hydrogen) atoms. The van der Waals surface area contributed by atoms with Gasteiger partial charge in [0.1, 0.15) is 16.9 Å². The van der Waals surface area contributed by atoms with E-state index < -0.39 is 15.1 Å². The molecule has 90 valence electrons. The third-order valence-corrected chi connectivity index (χ3v) is 3.61. The van der Waals surface area contributed by atoms with Crippen molar-refractivity contribution >= 4 is 15.7 Å². The highest BCUT2D eigenvalue weighted by molar-refractivity contribution is 7.90. The van der Waals surface area contributed by atoms with Crippen molar-refractivity contribution in [3.05, 3.63) is 17.6 Å². The quantitative estimate of drug-likeness (QED) is 0.820. The lowest BCUT2D eigenvalue weighted by molar-refractivity contribution is 0.181. The second-order valence-electron chi connectivity index (χ2n) is 3.55. The van der Waals surface area contributed by atoms with Crippen molar-refractivity contribution in [1.29, 1.82) is 0 Å². The second-order valence-corrected chi connectivity index (χ2v) is 5.91. The molecule has 0 bridgehead atoms. The summed E-state index contributed by atoms with van der Waals surface area (Å²) < 4.78 is 27.6. The number of aromatic nitrogens is 2. The predicted molar refractivity (Wildman–Crippen MR) is 60.4 cm³/mol. The van der Waals surface area contributed by atoms with Crippen molar-refractivity contribution in [2.45, 2.75) is 18.8 Å². The lowest BCUT2D eigenvalue weighted by atomic mass is 10.3. The van der Waals surface area contributed by atoms with E-state index in [1.807, 2.05) is 0 Å². The zero-order valence-electron chi connectivity index (χ0n) is 9.47. The Morgan fingerprint density at radius 1 is 1.50 bits per heavy atom. The number of nitrogen functional groups attached to an aromatic ring is 1. The van der Waals surface area contributed by atoms with E-state index in [2.05, 4.69) is 9.97 Å². The maximum absolute atomic E-state index is 11.4. The normalized spacial score (nSPS) is 13.7. The number of anilines is 1. The van der Waals surface area contributed by atoms with Crippen LogP contribution in [-0.4, -0.2) is 31.8 Å². The Kier molecular flexibility index (Phi) is 3.82.